The Balaban J connectivity index is 2.34. The summed E-state index contributed by atoms with van der Waals surface area (Å²) in [5.74, 6) is 0.0596. The smallest absolute Gasteiger partial charge is 0.310 e. The molecule has 0 aliphatic carbocycles. The molecule has 0 N–H and O–H groups in total. The fraction of sp³-hybridized carbons (Fsp3) is 0.750. The van der Waals surface area contributed by atoms with Crippen LogP contribution in [0.3, 0.4) is 0 Å². The summed E-state index contributed by atoms with van der Waals surface area (Å²) in [6, 6.07) is 0. The van der Waals surface area contributed by atoms with Crippen LogP contribution in [0.4, 0.5) is 0 Å². The Morgan fingerprint density at radius 1 is 1.67 bits per heavy atom. The van der Waals surface area contributed by atoms with E-state index in [0.717, 1.165) is 38.9 Å². The van der Waals surface area contributed by atoms with E-state index in [1.807, 2.05) is 13.0 Å². The fourth-order valence-corrected chi connectivity index (χ4v) is 1.98. The number of carbonyl (C=O) groups excluding carboxylic acids is 1. The van der Waals surface area contributed by atoms with Gasteiger partial charge in [0, 0.05) is 13.1 Å². The van der Waals surface area contributed by atoms with Crippen LogP contribution >= 0.6 is 0 Å². The molecule has 0 aromatic rings. The highest BCUT2D eigenvalue weighted by Gasteiger charge is 2.26. The summed E-state index contributed by atoms with van der Waals surface area (Å²) in [5.41, 5.74) is 0. The van der Waals surface area contributed by atoms with Crippen molar-refractivity contribution in [2.75, 3.05) is 26.2 Å². The second-order valence-electron chi connectivity index (χ2n) is 3.97. The van der Waals surface area contributed by atoms with Gasteiger partial charge < -0.3 is 9.64 Å². The maximum atomic E-state index is 11.5. The Labute approximate surface area is 92.1 Å². The second kappa shape index (κ2) is 6.62. The number of hydrogen-bond acceptors (Lipinski definition) is 3. The van der Waals surface area contributed by atoms with Crippen molar-refractivity contribution in [2.24, 2.45) is 5.92 Å². The molecule has 0 radical (unpaired) electrons. The van der Waals surface area contributed by atoms with Crippen molar-refractivity contribution in [2.45, 2.75) is 26.2 Å². The van der Waals surface area contributed by atoms with Gasteiger partial charge in [-0.2, -0.15) is 0 Å². The van der Waals surface area contributed by atoms with Gasteiger partial charge in [0.15, 0.2) is 0 Å². The number of nitrogens with zero attached hydrogens (tertiary/aromatic N) is 1. The summed E-state index contributed by atoms with van der Waals surface area (Å²) in [6.07, 6.45) is 4.99. The van der Waals surface area contributed by atoms with Crippen molar-refractivity contribution in [3.05, 3.63) is 12.7 Å². The first kappa shape index (κ1) is 12.2. The molecule has 0 spiro atoms. The van der Waals surface area contributed by atoms with E-state index in [1.165, 1.54) is 0 Å². The van der Waals surface area contributed by atoms with Crippen molar-refractivity contribution in [1.29, 1.82) is 0 Å². The first-order valence-corrected chi connectivity index (χ1v) is 5.77. The Morgan fingerprint density at radius 2 is 2.47 bits per heavy atom. The van der Waals surface area contributed by atoms with E-state index in [-0.39, 0.29) is 11.9 Å². The number of ether oxygens (including phenoxy) is 1. The molecule has 0 aromatic heterocycles. The minimum atomic E-state index is -0.0270. The van der Waals surface area contributed by atoms with E-state index in [9.17, 15) is 4.79 Å². The van der Waals surface area contributed by atoms with E-state index in [4.69, 9.17) is 4.74 Å². The molecule has 0 aromatic carbocycles. The largest absolute Gasteiger partial charge is 0.466 e. The van der Waals surface area contributed by atoms with Gasteiger partial charge in [-0.15, -0.1) is 6.58 Å². The third kappa shape index (κ3) is 4.04. The summed E-state index contributed by atoms with van der Waals surface area (Å²) < 4.78 is 5.05. The van der Waals surface area contributed by atoms with Gasteiger partial charge in [-0.1, -0.05) is 6.08 Å². The predicted molar refractivity (Wildman–Crippen MR) is 60.6 cm³/mol. The van der Waals surface area contributed by atoms with Crippen LogP contribution in [-0.4, -0.2) is 37.1 Å². The Morgan fingerprint density at radius 3 is 3.13 bits per heavy atom. The van der Waals surface area contributed by atoms with Gasteiger partial charge in [-0.3, -0.25) is 4.79 Å². The van der Waals surface area contributed by atoms with E-state index < -0.39 is 0 Å². The molecule has 1 saturated heterocycles. The monoisotopic (exact) mass is 211 g/mol. The molecule has 1 aliphatic heterocycles. The fourth-order valence-electron chi connectivity index (χ4n) is 1.98. The Hall–Kier alpha value is -0.830. The van der Waals surface area contributed by atoms with Gasteiger partial charge in [0.1, 0.15) is 0 Å². The SMILES string of the molecule is C=CCCN1CCC[C@H](C(=O)OCC)C1. The molecule has 0 unspecified atom stereocenters. The van der Waals surface area contributed by atoms with E-state index in [0.29, 0.717) is 6.61 Å². The van der Waals surface area contributed by atoms with Crippen LogP contribution in [0.15, 0.2) is 12.7 Å². The molecule has 3 heteroatoms. The molecule has 0 saturated carbocycles. The summed E-state index contributed by atoms with van der Waals surface area (Å²) >= 11 is 0. The number of carbonyl (C=O) groups is 1. The zero-order valence-electron chi connectivity index (χ0n) is 9.58. The maximum Gasteiger partial charge on any atom is 0.310 e. The van der Waals surface area contributed by atoms with E-state index in [2.05, 4.69) is 11.5 Å². The summed E-state index contributed by atoms with van der Waals surface area (Å²) in [6.45, 7) is 9.02. The maximum absolute atomic E-state index is 11.5. The van der Waals surface area contributed by atoms with Crippen LogP contribution in [0.2, 0.25) is 0 Å². The van der Waals surface area contributed by atoms with Crippen LogP contribution < -0.4 is 0 Å². The highest BCUT2D eigenvalue weighted by molar-refractivity contribution is 5.72. The minimum Gasteiger partial charge on any atom is -0.466 e. The first-order chi connectivity index (χ1) is 7.27. The molecule has 86 valence electrons. The molecular formula is C12H21NO2. The quantitative estimate of drug-likeness (QED) is 0.513. The normalized spacial score (nSPS) is 22.3. The molecule has 1 rings (SSSR count). The van der Waals surface area contributed by atoms with E-state index in [1.54, 1.807) is 0 Å². The molecule has 1 aliphatic rings. The lowest BCUT2D eigenvalue weighted by molar-refractivity contribution is -0.149. The molecule has 1 heterocycles. The van der Waals surface area contributed by atoms with Crippen molar-refractivity contribution in [3.63, 3.8) is 0 Å². The highest BCUT2D eigenvalue weighted by atomic mass is 16.5. The summed E-state index contributed by atoms with van der Waals surface area (Å²) in [4.78, 5) is 13.9. The Bertz CT molecular complexity index is 216. The average Bonchev–Trinajstić information content (AvgIpc) is 2.27. The van der Waals surface area contributed by atoms with Gasteiger partial charge in [-0.25, -0.2) is 0 Å². The molecule has 1 fully saturated rings. The third-order valence-corrected chi connectivity index (χ3v) is 2.77. The summed E-state index contributed by atoms with van der Waals surface area (Å²) in [5, 5.41) is 0. The van der Waals surface area contributed by atoms with Gasteiger partial charge >= 0.3 is 5.97 Å². The number of hydrogen-bond donors (Lipinski definition) is 0. The molecule has 15 heavy (non-hydrogen) atoms. The van der Waals surface area contributed by atoms with Crippen LogP contribution in [0.5, 0.6) is 0 Å². The summed E-state index contributed by atoms with van der Waals surface area (Å²) in [7, 11) is 0. The van der Waals surface area contributed by atoms with Gasteiger partial charge in [-0.05, 0) is 32.7 Å². The molecular weight excluding hydrogens is 190 g/mol. The number of rotatable bonds is 5. The second-order valence-corrected chi connectivity index (χ2v) is 3.97. The topological polar surface area (TPSA) is 29.5 Å². The van der Waals surface area contributed by atoms with Gasteiger partial charge in [0.2, 0.25) is 0 Å². The van der Waals surface area contributed by atoms with Crippen LogP contribution in [0.1, 0.15) is 26.2 Å². The van der Waals surface area contributed by atoms with Crippen molar-refractivity contribution in [3.8, 4) is 0 Å². The molecule has 0 bridgehead atoms. The van der Waals surface area contributed by atoms with Crippen molar-refractivity contribution >= 4 is 5.97 Å². The lowest BCUT2D eigenvalue weighted by Crippen LogP contribution is -2.39. The van der Waals surface area contributed by atoms with Crippen molar-refractivity contribution in [1.82, 2.24) is 4.90 Å². The molecule has 1 atom stereocenters. The lowest BCUT2D eigenvalue weighted by atomic mass is 9.98. The zero-order chi connectivity index (χ0) is 11.1. The van der Waals surface area contributed by atoms with Crippen LogP contribution in [0, 0.1) is 5.92 Å². The molecule has 3 nitrogen and oxygen atoms in total. The third-order valence-electron chi connectivity index (χ3n) is 2.77. The van der Waals surface area contributed by atoms with Crippen LogP contribution in [0.25, 0.3) is 0 Å². The lowest BCUT2D eigenvalue weighted by Gasteiger charge is -2.31. The minimum absolute atomic E-state index is 0.0270. The number of likely N-dealkylation sites (tertiary alicyclic amines) is 1. The number of esters is 1. The standard InChI is InChI=1S/C12H21NO2/c1-3-5-8-13-9-6-7-11(10-13)12(14)15-4-2/h3,11H,1,4-10H2,2H3/t11-/m0/s1. The van der Waals surface area contributed by atoms with E-state index >= 15 is 0 Å². The first-order valence-electron chi connectivity index (χ1n) is 5.77. The molecule has 0 amide bonds. The van der Waals surface area contributed by atoms with Gasteiger partial charge in [0.05, 0.1) is 12.5 Å². The highest BCUT2D eigenvalue weighted by Crippen LogP contribution is 2.17. The number of piperidine rings is 1. The predicted octanol–water partition coefficient (Wildman–Crippen LogP) is 1.84. The Kier molecular flexibility index (Phi) is 5.40. The van der Waals surface area contributed by atoms with Crippen LogP contribution in [-0.2, 0) is 9.53 Å². The zero-order valence-corrected chi connectivity index (χ0v) is 9.58. The average molecular weight is 211 g/mol. The van der Waals surface area contributed by atoms with Crippen molar-refractivity contribution < 1.29 is 9.53 Å². The van der Waals surface area contributed by atoms with Gasteiger partial charge in [0.25, 0.3) is 0 Å².